The molecule has 0 unspecified atom stereocenters. The predicted octanol–water partition coefficient (Wildman–Crippen LogP) is 3.90. The zero-order valence-electron chi connectivity index (χ0n) is 9.07. The summed E-state index contributed by atoms with van der Waals surface area (Å²) in [6.07, 6.45) is 3.24. The van der Waals surface area contributed by atoms with Crippen molar-refractivity contribution >= 4 is 23.4 Å². The van der Waals surface area contributed by atoms with Crippen molar-refractivity contribution in [2.75, 3.05) is 0 Å². The Kier molecular flexibility index (Phi) is 3.46. The molecule has 0 saturated carbocycles. The molecule has 1 heterocycles. The Morgan fingerprint density at radius 2 is 1.88 bits per heavy atom. The third-order valence-electron chi connectivity index (χ3n) is 2.17. The Balaban J connectivity index is 2.34. The number of aryl methyl sites for hydroxylation is 2. The fourth-order valence-corrected chi connectivity index (χ4v) is 2.45. The summed E-state index contributed by atoms with van der Waals surface area (Å²) in [5.41, 5.74) is 2.45. The second-order valence-corrected chi connectivity index (χ2v) is 4.91. The molecule has 1 aromatic carbocycles. The molecule has 2 rings (SSSR count). The van der Waals surface area contributed by atoms with Crippen molar-refractivity contribution in [3.63, 3.8) is 0 Å². The quantitative estimate of drug-likeness (QED) is 0.809. The van der Waals surface area contributed by atoms with Crippen molar-refractivity contribution < 1.29 is 0 Å². The molecular formula is C12H11ClN2S. The summed E-state index contributed by atoms with van der Waals surface area (Å²) < 4.78 is 0. The summed E-state index contributed by atoms with van der Waals surface area (Å²) >= 11 is 7.52. The van der Waals surface area contributed by atoms with Crippen LogP contribution in [0.5, 0.6) is 0 Å². The van der Waals surface area contributed by atoms with Gasteiger partial charge in [0, 0.05) is 17.3 Å². The number of halogens is 1. The number of hydrogen-bond donors (Lipinski definition) is 0. The van der Waals surface area contributed by atoms with Gasteiger partial charge >= 0.3 is 0 Å². The number of rotatable bonds is 2. The number of benzene rings is 1. The zero-order valence-corrected chi connectivity index (χ0v) is 10.6. The van der Waals surface area contributed by atoms with E-state index in [0.29, 0.717) is 5.15 Å². The minimum Gasteiger partial charge on any atom is -0.245 e. The Hall–Kier alpha value is -1.06. The third-order valence-corrected chi connectivity index (χ3v) is 3.71. The molecule has 0 atom stereocenters. The molecule has 0 bridgehead atoms. The smallest absolute Gasteiger partial charge is 0.161 e. The van der Waals surface area contributed by atoms with Gasteiger partial charge in [0.2, 0.25) is 0 Å². The van der Waals surface area contributed by atoms with Gasteiger partial charge in [0.15, 0.2) is 5.15 Å². The van der Waals surface area contributed by atoms with Crippen molar-refractivity contribution in [1.29, 1.82) is 0 Å². The second kappa shape index (κ2) is 4.85. The molecule has 1 aromatic heterocycles. The van der Waals surface area contributed by atoms with Gasteiger partial charge in [0.25, 0.3) is 0 Å². The topological polar surface area (TPSA) is 25.8 Å². The zero-order chi connectivity index (χ0) is 11.5. The van der Waals surface area contributed by atoms with E-state index in [1.165, 1.54) is 16.0 Å². The van der Waals surface area contributed by atoms with E-state index in [2.05, 4.69) is 42.0 Å². The van der Waals surface area contributed by atoms with E-state index in [1.807, 2.05) is 0 Å². The molecule has 0 saturated heterocycles. The summed E-state index contributed by atoms with van der Waals surface area (Å²) in [6, 6.07) is 6.32. The normalized spacial score (nSPS) is 10.4. The molecule has 4 heteroatoms. The fraction of sp³-hybridized carbons (Fsp3) is 0.167. The van der Waals surface area contributed by atoms with E-state index in [-0.39, 0.29) is 0 Å². The van der Waals surface area contributed by atoms with E-state index in [9.17, 15) is 0 Å². The number of aromatic nitrogens is 2. The second-order valence-electron chi connectivity index (χ2n) is 3.52. The van der Waals surface area contributed by atoms with E-state index < -0.39 is 0 Å². The van der Waals surface area contributed by atoms with Gasteiger partial charge in [-0.1, -0.05) is 35.5 Å². The maximum Gasteiger partial charge on any atom is 0.161 e. The van der Waals surface area contributed by atoms with Crippen LogP contribution in [0.1, 0.15) is 11.1 Å². The summed E-state index contributed by atoms with van der Waals surface area (Å²) in [4.78, 5) is 9.39. The van der Waals surface area contributed by atoms with Crippen LogP contribution in [0.15, 0.2) is 40.5 Å². The van der Waals surface area contributed by atoms with Gasteiger partial charge < -0.3 is 0 Å². The first-order valence-corrected chi connectivity index (χ1v) is 6.08. The van der Waals surface area contributed by atoms with Crippen molar-refractivity contribution in [1.82, 2.24) is 9.97 Å². The lowest BCUT2D eigenvalue weighted by molar-refractivity contribution is 1.05. The molecule has 0 aliphatic heterocycles. The Morgan fingerprint density at radius 3 is 2.62 bits per heavy atom. The average Bonchev–Trinajstić information content (AvgIpc) is 2.27. The van der Waals surface area contributed by atoms with Crippen LogP contribution in [0.4, 0.5) is 0 Å². The number of hydrogen-bond acceptors (Lipinski definition) is 3. The van der Waals surface area contributed by atoms with Gasteiger partial charge in [0.05, 0.1) is 0 Å². The minimum atomic E-state index is 0.452. The van der Waals surface area contributed by atoms with Crippen molar-refractivity contribution in [2.24, 2.45) is 0 Å². The minimum absolute atomic E-state index is 0.452. The molecule has 0 amide bonds. The summed E-state index contributed by atoms with van der Waals surface area (Å²) in [6.45, 7) is 4.15. The third kappa shape index (κ3) is 2.54. The lowest BCUT2D eigenvalue weighted by Gasteiger charge is -2.06. The van der Waals surface area contributed by atoms with Crippen LogP contribution in [0.3, 0.4) is 0 Å². The highest BCUT2D eigenvalue weighted by Gasteiger charge is 2.06. The fourth-order valence-electron chi connectivity index (χ4n) is 1.30. The highest BCUT2D eigenvalue weighted by Crippen LogP contribution is 2.32. The van der Waals surface area contributed by atoms with Gasteiger partial charge in [-0.2, -0.15) is 0 Å². The molecule has 0 aliphatic rings. The monoisotopic (exact) mass is 250 g/mol. The molecule has 0 spiro atoms. The van der Waals surface area contributed by atoms with Crippen LogP contribution in [-0.4, -0.2) is 9.97 Å². The highest BCUT2D eigenvalue weighted by molar-refractivity contribution is 7.99. The summed E-state index contributed by atoms with van der Waals surface area (Å²) in [7, 11) is 0. The Bertz CT molecular complexity index is 514. The molecule has 2 nitrogen and oxygen atoms in total. The van der Waals surface area contributed by atoms with Gasteiger partial charge in [-0.3, -0.25) is 0 Å². The van der Waals surface area contributed by atoms with Crippen LogP contribution in [0.25, 0.3) is 0 Å². The first kappa shape index (κ1) is 11.4. The Labute approximate surface area is 104 Å². The molecular weight excluding hydrogens is 240 g/mol. The van der Waals surface area contributed by atoms with Gasteiger partial charge in [-0.25, -0.2) is 9.97 Å². The molecule has 82 valence electrons. The van der Waals surface area contributed by atoms with Crippen molar-refractivity contribution in [2.45, 2.75) is 23.8 Å². The highest BCUT2D eigenvalue weighted by atomic mass is 35.5. The lowest BCUT2D eigenvalue weighted by atomic mass is 10.2. The van der Waals surface area contributed by atoms with E-state index in [4.69, 9.17) is 11.6 Å². The van der Waals surface area contributed by atoms with Crippen LogP contribution in [0, 0.1) is 13.8 Å². The van der Waals surface area contributed by atoms with Crippen LogP contribution < -0.4 is 0 Å². The lowest BCUT2D eigenvalue weighted by Crippen LogP contribution is -1.86. The van der Waals surface area contributed by atoms with Crippen LogP contribution in [0.2, 0.25) is 5.15 Å². The van der Waals surface area contributed by atoms with E-state index >= 15 is 0 Å². The van der Waals surface area contributed by atoms with Gasteiger partial charge in [-0.15, -0.1) is 0 Å². The van der Waals surface area contributed by atoms with Gasteiger partial charge in [-0.05, 0) is 31.0 Å². The molecule has 0 aliphatic carbocycles. The van der Waals surface area contributed by atoms with Crippen LogP contribution in [-0.2, 0) is 0 Å². The molecule has 16 heavy (non-hydrogen) atoms. The SMILES string of the molecule is Cc1ccc(C)c(Sc2nccnc2Cl)c1. The number of nitrogens with zero attached hydrogens (tertiary/aromatic N) is 2. The van der Waals surface area contributed by atoms with E-state index in [1.54, 1.807) is 24.2 Å². The maximum atomic E-state index is 5.97. The molecule has 2 aromatic rings. The molecule has 0 radical (unpaired) electrons. The predicted molar refractivity (Wildman–Crippen MR) is 67.1 cm³/mol. The first-order valence-electron chi connectivity index (χ1n) is 4.88. The molecule has 0 fully saturated rings. The summed E-state index contributed by atoms with van der Waals surface area (Å²) in [5, 5.41) is 1.20. The molecule has 0 N–H and O–H groups in total. The van der Waals surface area contributed by atoms with Crippen molar-refractivity contribution in [3.05, 3.63) is 46.9 Å². The van der Waals surface area contributed by atoms with Crippen LogP contribution >= 0.6 is 23.4 Å². The standard InChI is InChI=1S/C12H11ClN2S/c1-8-3-4-9(2)10(7-8)16-12-11(13)14-5-6-15-12/h3-7H,1-2H3. The van der Waals surface area contributed by atoms with Crippen molar-refractivity contribution in [3.8, 4) is 0 Å². The average molecular weight is 251 g/mol. The Morgan fingerprint density at radius 1 is 1.12 bits per heavy atom. The largest absolute Gasteiger partial charge is 0.245 e. The van der Waals surface area contributed by atoms with E-state index in [0.717, 1.165) is 5.03 Å². The first-order chi connectivity index (χ1) is 7.66. The maximum absolute atomic E-state index is 5.97. The van der Waals surface area contributed by atoms with Gasteiger partial charge in [0.1, 0.15) is 5.03 Å². The summed E-state index contributed by atoms with van der Waals surface area (Å²) in [5.74, 6) is 0.